The molecule has 0 aromatic carbocycles. The van der Waals surface area contributed by atoms with Gasteiger partial charge in [0.05, 0.1) is 12.0 Å². The van der Waals surface area contributed by atoms with Crippen LogP contribution in [-0.2, 0) is 6.42 Å². The SMILES string of the molecule is Brc1cccnc1Cc1cnc[nH]1. The monoisotopic (exact) mass is 237 g/mol. The Morgan fingerprint density at radius 1 is 1.46 bits per heavy atom. The zero-order valence-electron chi connectivity index (χ0n) is 6.87. The van der Waals surface area contributed by atoms with Gasteiger partial charge in [0, 0.05) is 29.0 Å². The van der Waals surface area contributed by atoms with E-state index in [2.05, 4.69) is 30.9 Å². The van der Waals surface area contributed by atoms with Gasteiger partial charge in [-0.1, -0.05) is 0 Å². The van der Waals surface area contributed by atoms with E-state index < -0.39 is 0 Å². The molecule has 0 aliphatic carbocycles. The van der Waals surface area contributed by atoms with Crippen LogP contribution in [0.1, 0.15) is 11.4 Å². The van der Waals surface area contributed by atoms with E-state index in [9.17, 15) is 0 Å². The molecule has 2 aromatic rings. The number of hydrogen-bond donors (Lipinski definition) is 1. The van der Waals surface area contributed by atoms with Crippen molar-refractivity contribution in [3.63, 3.8) is 0 Å². The molecule has 2 aromatic heterocycles. The number of hydrogen-bond acceptors (Lipinski definition) is 2. The number of halogens is 1. The molecule has 3 nitrogen and oxygen atoms in total. The van der Waals surface area contributed by atoms with Crippen LogP contribution in [-0.4, -0.2) is 15.0 Å². The van der Waals surface area contributed by atoms with E-state index in [0.717, 1.165) is 22.3 Å². The van der Waals surface area contributed by atoms with Crippen molar-refractivity contribution in [2.45, 2.75) is 6.42 Å². The second-order valence-corrected chi connectivity index (χ2v) is 3.54. The third kappa shape index (κ3) is 1.95. The van der Waals surface area contributed by atoms with E-state index in [0.29, 0.717) is 0 Å². The molecule has 2 heterocycles. The number of pyridine rings is 1. The Bertz CT molecular complexity index is 384. The summed E-state index contributed by atoms with van der Waals surface area (Å²) in [5.41, 5.74) is 2.09. The number of H-pyrrole nitrogens is 1. The van der Waals surface area contributed by atoms with Crippen molar-refractivity contribution in [3.8, 4) is 0 Å². The molecule has 0 atom stereocenters. The maximum atomic E-state index is 4.26. The van der Waals surface area contributed by atoms with Crippen LogP contribution in [0.25, 0.3) is 0 Å². The number of aromatic nitrogens is 3. The maximum absolute atomic E-state index is 4.26. The average Bonchev–Trinajstić information content (AvgIpc) is 2.61. The van der Waals surface area contributed by atoms with Gasteiger partial charge in [-0.3, -0.25) is 4.98 Å². The maximum Gasteiger partial charge on any atom is 0.0921 e. The van der Waals surface area contributed by atoms with Crippen LogP contribution < -0.4 is 0 Å². The lowest BCUT2D eigenvalue weighted by atomic mass is 10.2. The van der Waals surface area contributed by atoms with Crippen molar-refractivity contribution < 1.29 is 0 Å². The first-order valence-corrected chi connectivity index (χ1v) is 4.72. The molecule has 4 heteroatoms. The van der Waals surface area contributed by atoms with Gasteiger partial charge in [0.1, 0.15) is 0 Å². The second-order valence-electron chi connectivity index (χ2n) is 2.69. The first kappa shape index (κ1) is 8.44. The Kier molecular flexibility index (Phi) is 2.40. The molecule has 1 N–H and O–H groups in total. The summed E-state index contributed by atoms with van der Waals surface area (Å²) in [6.45, 7) is 0. The van der Waals surface area contributed by atoms with Gasteiger partial charge in [-0.2, -0.15) is 0 Å². The molecule has 0 unspecified atom stereocenters. The number of nitrogens with zero attached hydrogens (tertiary/aromatic N) is 2. The van der Waals surface area contributed by atoms with E-state index in [4.69, 9.17) is 0 Å². The summed E-state index contributed by atoms with van der Waals surface area (Å²) >= 11 is 3.45. The predicted octanol–water partition coefficient (Wildman–Crippen LogP) is 2.16. The molecule has 0 aliphatic rings. The second kappa shape index (κ2) is 3.70. The van der Waals surface area contributed by atoms with Crippen molar-refractivity contribution in [3.05, 3.63) is 46.7 Å². The first-order valence-electron chi connectivity index (χ1n) is 3.93. The molecule has 0 fully saturated rings. The molecule has 2 rings (SSSR count). The Balaban J connectivity index is 2.24. The molecule has 0 aliphatic heterocycles. The minimum Gasteiger partial charge on any atom is -0.348 e. The van der Waals surface area contributed by atoms with E-state index in [1.807, 2.05) is 12.1 Å². The number of rotatable bonds is 2. The Morgan fingerprint density at radius 3 is 3.08 bits per heavy atom. The van der Waals surface area contributed by atoms with Crippen LogP contribution in [0.3, 0.4) is 0 Å². The lowest BCUT2D eigenvalue weighted by Gasteiger charge is -1.99. The molecule has 0 bridgehead atoms. The van der Waals surface area contributed by atoms with Crippen molar-refractivity contribution in [2.75, 3.05) is 0 Å². The summed E-state index contributed by atoms with van der Waals surface area (Å²) in [6.07, 6.45) is 6.05. The summed E-state index contributed by atoms with van der Waals surface area (Å²) in [7, 11) is 0. The number of imidazole rings is 1. The Labute approximate surface area is 84.4 Å². The first-order chi connectivity index (χ1) is 6.36. The topological polar surface area (TPSA) is 41.6 Å². The van der Waals surface area contributed by atoms with Gasteiger partial charge in [0.25, 0.3) is 0 Å². The van der Waals surface area contributed by atoms with Crippen LogP contribution in [0.15, 0.2) is 35.3 Å². The van der Waals surface area contributed by atoms with Crippen molar-refractivity contribution in [1.82, 2.24) is 15.0 Å². The summed E-state index contributed by atoms with van der Waals surface area (Å²) in [6, 6.07) is 3.89. The summed E-state index contributed by atoms with van der Waals surface area (Å²) in [5.74, 6) is 0. The van der Waals surface area contributed by atoms with E-state index in [-0.39, 0.29) is 0 Å². The molecule has 66 valence electrons. The molecule has 0 amide bonds. The lowest BCUT2D eigenvalue weighted by Crippen LogP contribution is -1.92. The summed E-state index contributed by atoms with van der Waals surface area (Å²) in [4.78, 5) is 11.2. The molecule has 0 radical (unpaired) electrons. The Hall–Kier alpha value is -1.16. The molecule has 13 heavy (non-hydrogen) atoms. The summed E-state index contributed by atoms with van der Waals surface area (Å²) < 4.78 is 1.03. The zero-order valence-corrected chi connectivity index (χ0v) is 8.45. The normalized spacial score (nSPS) is 10.2. The third-order valence-electron chi connectivity index (χ3n) is 1.75. The lowest BCUT2D eigenvalue weighted by molar-refractivity contribution is 1.02. The fourth-order valence-corrected chi connectivity index (χ4v) is 1.51. The van der Waals surface area contributed by atoms with Gasteiger partial charge in [-0.25, -0.2) is 4.98 Å². The van der Waals surface area contributed by atoms with Gasteiger partial charge in [0.2, 0.25) is 0 Å². The highest BCUT2D eigenvalue weighted by molar-refractivity contribution is 9.10. The van der Waals surface area contributed by atoms with Crippen molar-refractivity contribution in [2.24, 2.45) is 0 Å². The molecular formula is C9H8BrN3. The van der Waals surface area contributed by atoms with Gasteiger partial charge >= 0.3 is 0 Å². The molecular weight excluding hydrogens is 230 g/mol. The minimum absolute atomic E-state index is 0.779. The smallest absolute Gasteiger partial charge is 0.0921 e. The van der Waals surface area contributed by atoms with Gasteiger partial charge in [-0.15, -0.1) is 0 Å². The van der Waals surface area contributed by atoms with Crippen LogP contribution in [0.4, 0.5) is 0 Å². The molecule has 0 spiro atoms. The van der Waals surface area contributed by atoms with Gasteiger partial charge in [0.15, 0.2) is 0 Å². The van der Waals surface area contributed by atoms with Crippen LogP contribution in [0.2, 0.25) is 0 Å². The highest BCUT2D eigenvalue weighted by Crippen LogP contribution is 2.15. The standard InChI is InChI=1S/C9H8BrN3/c10-8-2-1-3-12-9(8)4-7-5-11-6-13-7/h1-3,5-6H,4H2,(H,11,13). The highest BCUT2D eigenvalue weighted by atomic mass is 79.9. The van der Waals surface area contributed by atoms with E-state index in [1.165, 1.54) is 0 Å². The third-order valence-corrected chi connectivity index (χ3v) is 2.47. The highest BCUT2D eigenvalue weighted by Gasteiger charge is 2.01. The van der Waals surface area contributed by atoms with E-state index >= 15 is 0 Å². The largest absolute Gasteiger partial charge is 0.348 e. The number of aromatic amines is 1. The average molecular weight is 238 g/mol. The number of nitrogens with one attached hydrogen (secondary N) is 1. The van der Waals surface area contributed by atoms with Gasteiger partial charge in [-0.05, 0) is 28.1 Å². The Morgan fingerprint density at radius 2 is 2.38 bits per heavy atom. The molecule has 0 saturated carbocycles. The van der Waals surface area contributed by atoms with Crippen molar-refractivity contribution in [1.29, 1.82) is 0 Å². The van der Waals surface area contributed by atoms with Crippen molar-refractivity contribution >= 4 is 15.9 Å². The quantitative estimate of drug-likeness (QED) is 0.870. The molecule has 0 saturated heterocycles. The predicted molar refractivity (Wildman–Crippen MR) is 53.3 cm³/mol. The van der Waals surface area contributed by atoms with Gasteiger partial charge < -0.3 is 4.98 Å². The van der Waals surface area contributed by atoms with Crippen LogP contribution in [0.5, 0.6) is 0 Å². The van der Waals surface area contributed by atoms with E-state index in [1.54, 1.807) is 18.7 Å². The summed E-state index contributed by atoms with van der Waals surface area (Å²) in [5, 5.41) is 0. The fourth-order valence-electron chi connectivity index (χ4n) is 1.11. The fraction of sp³-hybridized carbons (Fsp3) is 0.111. The minimum atomic E-state index is 0.779. The zero-order chi connectivity index (χ0) is 9.10. The van der Waals surface area contributed by atoms with Crippen LogP contribution in [0, 0.1) is 0 Å². The van der Waals surface area contributed by atoms with Crippen LogP contribution >= 0.6 is 15.9 Å².